The Morgan fingerprint density at radius 2 is 2.06 bits per heavy atom. The summed E-state index contributed by atoms with van der Waals surface area (Å²) < 4.78 is 5.01. The standard InChI is InChI=1S/C12H19N3O3/c1-8(16)11(13)7-14-12(17)15-9-3-5-10(18-2)6-4-9/h3-6,8,11,16H,7,13H2,1-2H3,(H2,14,15,17). The van der Waals surface area contributed by atoms with E-state index in [9.17, 15) is 9.90 Å². The lowest BCUT2D eigenvalue weighted by Gasteiger charge is -2.15. The van der Waals surface area contributed by atoms with Gasteiger partial charge in [-0.25, -0.2) is 4.79 Å². The lowest BCUT2D eigenvalue weighted by Crippen LogP contribution is -2.44. The average Bonchev–Trinajstić information content (AvgIpc) is 2.36. The van der Waals surface area contributed by atoms with Crippen molar-refractivity contribution in [2.24, 2.45) is 5.73 Å². The number of hydrogen-bond donors (Lipinski definition) is 4. The van der Waals surface area contributed by atoms with Crippen molar-refractivity contribution >= 4 is 11.7 Å². The molecule has 0 heterocycles. The van der Waals surface area contributed by atoms with E-state index < -0.39 is 12.1 Å². The number of carbonyl (C=O) groups excluding carboxylic acids is 1. The van der Waals surface area contributed by atoms with E-state index in [1.165, 1.54) is 0 Å². The highest BCUT2D eigenvalue weighted by molar-refractivity contribution is 5.89. The van der Waals surface area contributed by atoms with Gasteiger partial charge in [-0.05, 0) is 31.2 Å². The molecule has 0 radical (unpaired) electrons. The van der Waals surface area contributed by atoms with Crippen LogP contribution in [0.25, 0.3) is 0 Å². The molecule has 100 valence electrons. The van der Waals surface area contributed by atoms with Crippen LogP contribution in [0.5, 0.6) is 5.75 Å². The minimum absolute atomic E-state index is 0.208. The molecule has 6 nitrogen and oxygen atoms in total. The van der Waals surface area contributed by atoms with Crippen LogP contribution in [-0.2, 0) is 0 Å². The molecule has 0 bridgehead atoms. The first-order chi connectivity index (χ1) is 8.52. The number of carbonyl (C=O) groups is 1. The molecule has 0 fully saturated rings. The molecule has 2 atom stereocenters. The van der Waals surface area contributed by atoms with E-state index >= 15 is 0 Å². The number of nitrogens with one attached hydrogen (secondary N) is 2. The third-order valence-electron chi connectivity index (χ3n) is 2.47. The molecule has 18 heavy (non-hydrogen) atoms. The van der Waals surface area contributed by atoms with Gasteiger partial charge in [-0.15, -0.1) is 0 Å². The zero-order chi connectivity index (χ0) is 13.5. The van der Waals surface area contributed by atoms with E-state index in [0.29, 0.717) is 5.69 Å². The summed E-state index contributed by atoms with van der Waals surface area (Å²) in [5.74, 6) is 0.720. The number of urea groups is 1. The van der Waals surface area contributed by atoms with E-state index in [0.717, 1.165) is 5.75 Å². The second kappa shape index (κ2) is 6.83. The molecular formula is C12H19N3O3. The van der Waals surface area contributed by atoms with Crippen molar-refractivity contribution < 1.29 is 14.6 Å². The van der Waals surface area contributed by atoms with Crippen molar-refractivity contribution in [2.45, 2.75) is 19.1 Å². The van der Waals surface area contributed by atoms with E-state index in [2.05, 4.69) is 10.6 Å². The van der Waals surface area contributed by atoms with Crippen LogP contribution >= 0.6 is 0 Å². The molecular weight excluding hydrogens is 234 g/mol. The third kappa shape index (κ3) is 4.60. The highest BCUT2D eigenvalue weighted by atomic mass is 16.5. The highest BCUT2D eigenvalue weighted by Gasteiger charge is 2.10. The zero-order valence-electron chi connectivity index (χ0n) is 10.5. The third-order valence-corrected chi connectivity index (χ3v) is 2.47. The Hall–Kier alpha value is -1.79. The van der Waals surface area contributed by atoms with Crippen LogP contribution < -0.4 is 21.1 Å². The predicted molar refractivity (Wildman–Crippen MR) is 69.7 cm³/mol. The summed E-state index contributed by atoms with van der Waals surface area (Å²) in [5, 5.41) is 14.4. The molecule has 0 aliphatic heterocycles. The van der Waals surface area contributed by atoms with Crippen LogP contribution in [0, 0.1) is 0 Å². The van der Waals surface area contributed by atoms with Gasteiger partial charge in [-0.3, -0.25) is 0 Å². The summed E-state index contributed by atoms with van der Waals surface area (Å²) in [6, 6.07) is 6.11. The minimum atomic E-state index is -0.661. The van der Waals surface area contributed by atoms with Gasteiger partial charge in [0.05, 0.1) is 13.2 Å². The van der Waals surface area contributed by atoms with Gasteiger partial charge in [-0.2, -0.15) is 0 Å². The van der Waals surface area contributed by atoms with Crippen molar-refractivity contribution in [3.63, 3.8) is 0 Å². The fourth-order valence-electron chi connectivity index (χ4n) is 1.23. The molecule has 2 unspecified atom stereocenters. The molecule has 6 heteroatoms. The summed E-state index contributed by atoms with van der Waals surface area (Å²) in [6.07, 6.45) is -0.661. The van der Waals surface area contributed by atoms with Gasteiger partial charge in [0.15, 0.2) is 0 Å². The van der Waals surface area contributed by atoms with Crippen LogP contribution in [0.1, 0.15) is 6.92 Å². The molecule has 0 spiro atoms. The van der Waals surface area contributed by atoms with E-state index in [1.54, 1.807) is 38.3 Å². The van der Waals surface area contributed by atoms with Crippen molar-refractivity contribution in [3.8, 4) is 5.75 Å². The zero-order valence-corrected chi connectivity index (χ0v) is 10.5. The minimum Gasteiger partial charge on any atom is -0.497 e. The monoisotopic (exact) mass is 253 g/mol. The van der Waals surface area contributed by atoms with Gasteiger partial charge in [0.1, 0.15) is 5.75 Å². The summed E-state index contributed by atoms with van der Waals surface area (Å²) in [4.78, 5) is 11.5. The molecule has 0 saturated carbocycles. The largest absolute Gasteiger partial charge is 0.497 e. The lowest BCUT2D eigenvalue weighted by molar-refractivity contribution is 0.162. The summed E-state index contributed by atoms with van der Waals surface area (Å²) in [7, 11) is 1.58. The molecule has 0 saturated heterocycles. The topological polar surface area (TPSA) is 96.6 Å². The van der Waals surface area contributed by atoms with Gasteiger partial charge in [0, 0.05) is 18.3 Å². The number of aliphatic hydroxyl groups excluding tert-OH is 1. The van der Waals surface area contributed by atoms with Crippen molar-refractivity contribution in [2.75, 3.05) is 19.0 Å². The normalized spacial score (nSPS) is 13.6. The number of hydrogen-bond acceptors (Lipinski definition) is 4. The Kier molecular flexibility index (Phi) is 5.41. The maximum absolute atomic E-state index is 11.5. The fourth-order valence-corrected chi connectivity index (χ4v) is 1.23. The van der Waals surface area contributed by atoms with Crippen molar-refractivity contribution in [3.05, 3.63) is 24.3 Å². The smallest absolute Gasteiger partial charge is 0.319 e. The first kappa shape index (κ1) is 14.3. The van der Waals surface area contributed by atoms with Gasteiger partial charge in [-0.1, -0.05) is 0 Å². The van der Waals surface area contributed by atoms with Gasteiger partial charge >= 0.3 is 6.03 Å². The molecule has 1 rings (SSSR count). The molecule has 0 aliphatic carbocycles. The number of nitrogens with two attached hydrogens (primary N) is 1. The molecule has 1 aromatic rings. The van der Waals surface area contributed by atoms with Gasteiger partial charge in [0.25, 0.3) is 0 Å². The number of aliphatic hydroxyl groups is 1. The van der Waals surface area contributed by atoms with Gasteiger partial charge < -0.3 is 26.2 Å². The summed E-state index contributed by atoms with van der Waals surface area (Å²) >= 11 is 0. The Morgan fingerprint density at radius 3 is 2.56 bits per heavy atom. The average molecular weight is 253 g/mol. The van der Waals surface area contributed by atoms with E-state index in [1.807, 2.05) is 0 Å². The van der Waals surface area contributed by atoms with Crippen molar-refractivity contribution in [1.29, 1.82) is 0 Å². The quantitative estimate of drug-likeness (QED) is 0.615. The Morgan fingerprint density at radius 1 is 1.44 bits per heavy atom. The van der Waals surface area contributed by atoms with Crippen LogP contribution in [-0.4, -0.2) is 36.9 Å². The molecule has 0 aliphatic rings. The first-order valence-corrected chi connectivity index (χ1v) is 5.65. The number of methoxy groups -OCH3 is 1. The Labute approximate surface area is 106 Å². The molecule has 2 amide bonds. The SMILES string of the molecule is COc1ccc(NC(=O)NCC(N)C(C)O)cc1. The summed E-state index contributed by atoms with van der Waals surface area (Å²) in [6.45, 7) is 1.79. The van der Waals surface area contributed by atoms with Crippen LogP contribution in [0.4, 0.5) is 10.5 Å². The second-order valence-electron chi connectivity index (χ2n) is 3.97. The molecule has 0 aromatic heterocycles. The highest BCUT2D eigenvalue weighted by Crippen LogP contribution is 2.14. The maximum Gasteiger partial charge on any atom is 0.319 e. The lowest BCUT2D eigenvalue weighted by atomic mass is 10.2. The maximum atomic E-state index is 11.5. The van der Waals surface area contributed by atoms with Crippen LogP contribution in [0.15, 0.2) is 24.3 Å². The van der Waals surface area contributed by atoms with Crippen molar-refractivity contribution in [1.82, 2.24) is 5.32 Å². The number of amides is 2. The van der Waals surface area contributed by atoms with Gasteiger partial charge in [0.2, 0.25) is 0 Å². The Balaban J connectivity index is 2.39. The van der Waals surface area contributed by atoms with Crippen LogP contribution in [0.3, 0.4) is 0 Å². The fraction of sp³-hybridized carbons (Fsp3) is 0.417. The molecule has 1 aromatic carbocycles. The Bertz CT molecular complexity index is 379. The number of ether oxygens (including phenoxy) is 1. The van der Waals surface area contributed by atoms with E-state index in [4.69, 9.17) is 10.5 Å². The number of anilines is 1. The summed E-state index contributed by atoms with van der Waals surface area (Å²) in [5.41, 5.74) is 6.24. The second-order valence-corrected chi connectivity index (χ2v) is 3.97. The van der Waals surface area contributed by atoms with E-state index in [-0.39, 0.29) is 12.6 Å². The number of rotatable bonds is 5. The predicted octanol–water partition coefficient (Wildman–Crippen LogP) is 0.525. The van der Waals surface area contributed by atoms with Crippen LogP contribution in [0.2, 0.25) is 0 Å². The number of benzene rings is 1. The first-order valence-electron chi connectivity index (χ1n) is 5.65. The molecule has 5 N–H and O–H groups in total.